The van der Waals surface area contributed by atoms with Crippen LogP contribution >= 0.6 is 21.6 Å². The molecule has 0 N–H and O–H groups in total. The van der Waals surface area contributed by atoms with Crippen molar-refractivity contribution in [3.8, 4) is 35.1 Å². The first-order valence-corrected chi connectivity index (χ1v) is 11.8. The summed E-state index contributed by atoms with van der Waals surface area (Å²) < 4.78 is 12.1. The molecule has 0 saturated heterocycles. The average molecular weight is 453 g/mol. The van der Waals surface area contributed by atoms with Gasteiger partial charge in [-0.15, -0.1) is 0 Å². The summed E-state index contributed by atoms with van der Waals surface area (Å²) in [5.41, 5.74) is 0.900. The molecule has 0 aliphatic carbocycles. The minimum Gasteiger partial charge on any atom is -0.455 e. The molecular weight excluding hydrogens is 436 g/mol. The highest BCUT2D eigenvalue weighted by Crippen LogP contribution is 2.48. The number of para-hydroxylation sites is 4. The van der Waals surface area contributed by atoms with E-state index in [1.54, 1.807) is 12.1 Å². The van der Waals surface area contributed by atoms with Gasteiger partial charge in [-0.25, -0.2) is 0 Å². The molecule has 4 aromatic rings. The lowest BCUT2D eigenvalue weighted by molar-refractivity contribution is 0.469. The minimum absolute atomic E-state index is 0.450. The minimum atomic E-state index is 0.450. The van der Waals surface area contributed by atoms with Crippen LogP contribution in [0.1, 0.15) is 11.1 Å². The number of rotatable bonds is 7. The van der Waals surface area contributed by atoms with E-state index in [4.69, 9.17) is 9.47 Å². The summed E-state index contributed by atoms with van der Waals surface area (Å²) in [5, 5.41) is 19.2. The van der Waals surface area contributed by atoms with Gasteiger partial charge in [0.25, 0.3) is 0 Å². The van der Waals surface area contributed by atoms with Crippen LogP contribution in [-0.4, -0.2) is 0 Å². The highest BCUT2D eigenvalue weighted by Gasteiger charge is 2.16. The van der Waals surface area contributed by atoms with E-state index in [0.717, 1.165) is 9.79 Å². The SMILES string of the molecule is N#Cc1cccc(SSc2cccc(C#N)c2Oc2ccccc2)c1Oc1ccccc1. The van der Waals surface area contributed by atoms with Crippen LogP contribution in [-0.2, 0) is 0 Å². The van der Waals surface area contributed by atoms with Crippen molar-refractivity contribution < 1.29 is 9.47 Å². The van der Waals surface area contributed by atoms with E-state index in [1.807, 2.05) is 84.9 Å². The molecule has 0 fully saturated rings. The van der Waals surface area contributed by atoms with Gasteiger partial charge in [0, 0.05) is 0 Å². The molecule has 154 valence electrons. The standard InChI is InChI=1S/C26H16N2O2S2/c27-17-19-9-7-15-23(25(19)29-21-11-3-1-4-12-21)31-32-24-16-8-10-20(18-28)26(24)30-22-13-5-2-6-14-22/h1-16H. The van der Waals surface area contributed by atoms with Crippen molar-refractivity contribution in [2.24, 2.45) is 0 Å². The molecule has 0 unspecified atom stereocenters. The van der Waals surface area contributed by atoms with Gasteiger partial charge in [0.15, 0.2) is 11.5 Å². The van der Waals surface area contributed by atoms with Gasteiger partial charge in [0.1, 0.15) is 23.6 Å². The fraction of sp³-hybridized carbons (Fsp3) is 0. The van der Waals surface area contributed by atoms with Crippen molar-refractivity contribution in [2.45, 2.75) is 9.79 Å². The number of hydrogen-bond donors (Lipinski definition) is 0. The molecule has 0 heterocycles. The highest BCUT2D eigenvalue weighted by molar-refractivity contribution is 8.76. The molecule has 0 radical (unpaired) electrons. The summed E-state index contributed by atoms with van der Waals surface area (Å²) in [6.45, 7) is 0. The molecule has 0 aromatic heterocycles. The lowest BCUT2D eigenvalue weighted by atomic mass is 10.2. The van der Waals surface area contributed by atoms with Crippen molar-refractivity contribution in [2.75, 3.05) is 0 Å². The summed E-state index contributed by atoms with van der Waals surface area (Å²) >= 11 is 0. The van der Waals surface area contributed by atoms with Crippen LogP contribution in [0.3, 0.4) is 0 Å². The third-order valence-corrected chi connectivity index (χ3v) is 6.76. The van der Waals surface area contributed by atoms with Gasteiger partial charge in [0.2, 0.25) is 0 Å². The zero-order valence-electron chi connectivity index (χ0n) is 16.8. The third kappa shape index (κ3) is 5.07. The zero-order chi connectivity index (χ0) is 22.2. The number of nitriles is 2. The largest absolute Gasteiger partial charge is 0.455 e. The van der Waals surface area contributed by atoms with Crippen molar-refractivity contribution >= 4 is 21.6 Å². The Bertz CT molecular complexity index is 1190. The van der Waals surface area contributed by atoms with Crippen molar-refractivity contribution in [1.29, 1.82) is 10.5 Å². The predicted molar refractivity (Wildman–Crippen MR) is 127 cm³/mol. The van der Waals surface area contributed by atoms with E-state index in [0.29, 0.717) is 34.1 Å². The van der Waals surface area contributed by atoms with E-state index < -0.39 is 0 Å². The van der Waals surface area contributed by atoms with Crippen LogP contribution < -0.4 is 9.47 Å². The average Bonchev–Trinajstić information content (AvgIpc) is 2.85. The fourth-order valence-electron chi connectivity index (χ4n) is 2.85. The first-order chi connectivity index (χ1) is 15.8. The molecule has 0 saturated carbocycles. The lowest BCUT2D eigenvalue weighted by Crippen LogP contribution is -1.91. The van der Waals surface area contributed by atoms with Gasteiger partial charge >= 0.3 is 0 Å². The predicted octanol–water partition coefficient (Wildman–Crippen LogP) is 7.81. The van der Waals surface area contributed by atoms with E-state index >= 15 is 0 Å². The quantitative estimate of drug-likeness (QED) is 0.266. The topological polar surface area (TPSA) is 66.0 Å². The molecule has 0 aliphatic heterocycles. The van der Waals surface area contributed by atoms with Crippen molar-refractivity contribution in [3.63, 3.8) is 0 Å². The van der Waals surface area contributed by atoms with Crippen LogP contribution in [0.5, 0.6) is 23.0 Å². The summed E-state index contributed by atoms with van der Waals surface area (Å²) in [5.74, 6) is 2.31. The van der Waals surface area contributed by atoms with Crippen LogP contribution in [0.15, 0.2) is 107 Å². The summed E-state index contributed by atoms with van der Waals surface area (Å²) in [7, 11) is 2.89. The Morgan fingerprint density at radius 2 is 0.906 bits per heavy atom. The summed E-state index contributed by atoms with van der Waals surface area (Å²) in [6.07, 6.45) is 0. The second-order valence-corrected chi connectivity index (χ2v) is 8.70. The maximum absolute atomic E-state index is 9.58. The smallest absolute Gasteiger partial charge is 0.159 e. The fourth-order valence-corrected chi connectivity index (χ4v) is 5.08. The number of ether oxygens (including phenoxy) is 2. The first kappa shape index (κ1) is 21.4. The summed E-state index contributed by atoms with van der Waals surface area (Å²) in [4.78, 5) is 1.59. The van der Waals surface area contributed by atoms with E-state index in [-0.39, 0.29) is 0 Å². The maximum atomic E-state index is 9.58. The highest BCUT2D eigenvalue weighted by atomic mass is 33.1. The van der Waals surface area contributed by atoms with Gasteiger partial charge < -0.3 is 9.47 Å². The Morgan fingerprint density at radius 1 is 0.500 bits per heavy atom. The second kappa shape index (κ2) is 10.5. The molecule has 4 rings (SSSR count). The molecule has 0 spiro atoms. The van der Waals surface area contributed by atoms with Crippen LogP contribution in [0, 0.1) is 22.7 Å². The van der Waals surface area contributed by atoms with Gasteiger partial charge in [0.05, 0.1) is 20.9 Å². The number of nitrogens with zero attached hydrogens (tertiary/aromatic N) is 2. The molecule has 32 heavy (non-hydrogen) atoms. The molecule has 4 aromatic carbocycles. The Labute approximate surface area is 194 Å². The third-order valence-electron chi connectivity index (χ3n) is 4.35. The molecule has 0 aliphatic rings. The Hall–Kier alpha value is -3.84. The second-order valence-electron chi connectivity index (χ2n) is 6.49. The molecule has 4 nitrogen and oxygen atoms in total. The molecule has 0 amide bonds. The maximum Gasteiger partial charge on any atom is 0.159 e. The van der Waals surface area contributed by atoms with Gasteiger partial charge in [-0.2, -0.15) is 10.5 Å². The van der Waals surface area contributed by atoms with Gasteiger partial charge in [-0.1, -0.05) is 48.5 Å². The first-order valence-electron chi connectivity index (χ1n) is 9.65. The normalized spacial score (nSPS) is 10.1. The lowest BCUT2D eigenvalue weighted by Gasteiger charge is -2.14. The van der Waals surface area contributed by atoms with Gasteiger partial charge in [-0.3, -0.25) is 0 Å². The zero-order valence-corrected chi connectivity index (χ0v) is 18.4. The number of benzene rings is 4. The summed E-state index contributed by atoms with van der Waals surface area (Å²) in [6, 6.07) is 34.0. The van der Waals surface area contributed by atoms with Crippen LogP contribution in [0.2, 0.25) is 0 Å². The molecule has 0 bridgehead atoms. The Kier molecular flexibility index (Phi) is 6.99. The van der Waals surface area contributed by atoms with Crippen LogP contribution in [0.25, 0.3) is 0 Å². The molecule has 6 heteroatoms. The molecular formula is C26H16N2O2S2. The Balaban J connectivity index is 1.63. The van der Waals surface area contributed by atoms with E-state index in [1.165, 1.54) is 21.6 Å². The monoisotopic (exact) mass is 452 g/mol. The van der Waals surface area contributed by atoms with Crippen molar-refractivity contribution in [3.05, 3.63) is 108 Å². The Morgan fingerprint density at radius 3 is 1.28 bits per heavy atom. The van der Waals surface area contributed by atoms with E-state index in [9.17, 15) is 10.5 Å². The van der Waals surface area contributed by atoms with E-state index in [2.05, 4.69) is 12.1 Å². The molecule has 0 atom stereocenters. The van der Waals surface area contributed by atoms with Crippen molar-refractivity contribution in [1.82, 2.24) is 0 Å². The number of hydrogen-bond acceptors (Lipinski definition) is 6. The van der Waals surface area contributed by atoms with Crippen LogP contribution in [0.4, 0.5) is 0 Å². The van der Waals surface area contributed by atoms with Gasteiger partial charge in [-0.05, 0) is 70.1 Å².